The van der Waals surface area contributed by atoms with Crippen molar-refractivity contribution in [1.82, 2.24) is 5.32 Å². The molecule has 0 saturated heterocycles. The Hall–Kier alpha value is -0.470. The van der Waals surface area contributed by atoms with Gasteiger partial charge in [0.15, 0.2) is 0 Å². The Morgan fingerprint density at radius 3 is 2.32 bits per heavy atom. The molecule has 1 rings (SSSR count). The molecular weight excluding hydrogens is 250 g/mol. The zero-order valence-electron chi connectivity index (χ0n) is 12.9. The van der Waals surface area contributed by atoms with E-state index in [2.05, 4.69) is 62.7 Å². The normalized spacial score (nSPS) is 13.5. The Bertz CT molecular complexity index is 324. The summed E-state index contributed by atoms with van der Waals surface area (Å²) in [5, 5.41) is 3.73. The maximum atomic E-state index is 3.73. The van der Waals surface area contributed by atoms with Crippen LogP contribution in [0.25, 0.3) is 0 Å². The van der Waals surface area contributed by atoms with Gasteiger partial charge in [-0.2, -0.15) is 11.8 Å². The first-order valence-electron chi connectivity index (χ1n) is 7.48. The summed E-state index contributed by atoms with van der Waals surface area (Å²) in [5.74, 6) is 0. The number of hydrogen-bond acceptors (Lipinski definition) is 2. The van der Waals surface area contributed by atoms with E-state index >= 15 is 0 Å². The molecule has 0 spiro atoms. The molecule has 0 radical (unpaired) electrons. The maximum absolute atomic E-state index is 3.73. The van der Waals surface area contributed by atoms with Crippen LogP contribution in [0.3, 0.4) is 0 Å². The lowest BCUT2D eigenvalue weighted by atomic mass is 10.0. The maximum Gasteiger partial charge on any atom is 0.0276 e. The summed E-state index contributed by atoms with van der Waals surface area (Å²) in [4.78, 5) is 0. The van der Waals surface area contributed by atoms with Gasteiger partial charge < -0.3 is 5.32 Å². The van der Waals surface area contributed by atoms with E-state index in [1.54, 1.807) is 0 Å². The topological polar surface area (TPSA) is 12.0 Å². The van der Waals surface area contributed by atoms with Crippen LogP contribution >= 0.6 is 11.8 Å². The second-order valence-electron chi connectivity index (χ2n) is 5.40. The quantitative estimate of drug-likeness (QED) is 0.713. The second-order valence-corrected chi connectivity index (χ2v) is 6.67. The zero-order valence-corrected chi connectivity index (χ0v) is 13.7. The predicted octanol–water partition coefficient (Wildman–Crippen LogP) is 4.52. The van der Waals surface area contributed by atoms with Crippen molar-refractivity contribution in [3.8, 4) is 0 Å². The van der Waals surface area contributed by atoms with E-state index in [9.17, 15) is 0 Å². The summed E-state index contributed by atoms with van der Waals surface area (Å²) in [6, 6.07) is 11.4. The van der Waals surface area contributed by atoms with Crippen LogP contribution in [0, 0.1) is 0 Å². The first-order valence-corrected chi connectivity index (χ1v) is 8.70. The summed E-state index contributed by atoms with van der Waals surface area (Å²) in [6.45, 7) is 8.03. The van der Waals surface area contributed by atoms with Crippen LogP contribution in [0.2, 0.25) is 0 Å². The molecule has 2 heteroatoms. The zero-order chi connectivity index (χ0) is 14.1. The van der Waals surface area contributed by atoms with Crippen LogP contribution < -0.4 is 5.32 Å². The van der Waals surface area contributed by atoms with Gasteiger partial charge in [0.1, 0.15) is 0 Å². The van der Waals surface area contributed by atoms with Crippen molar-refractivity contribution in [3.05, 3.63) is 35.9 Å². The number of nitrogens with one attached hydrogen (secondary N) is 1. The van der Waals surface area contributed by atoms with E-state index < -0.39 is 0 Å². The Morgan fingerprint density at radius 1 is 1.16 bits per heavy atom. The standard InChI is InChI=1S/C17H29NS/c1-5-17(6-2,19-4)14-18-15(3)12-13-16-10-8-7-9-11-16/h7-11,15,18H,5-6,12-14H2,1-4H3. The highest BCUT2D eigenvalue weighted by Crippen LogP contribution is 2.29. The first-order chi connectivity index (χ1) is 9.15. The molecule has 0 fully saturated rings. The summed E-state index contributed by atoms with van der Waals surface area (Å²) in [6.07, 6.45) is 7.09. The molecule has 1 N–H and O–H groups in total. The van der Waals surface area contributed by atoms with Gasteiger partial charge in [0.05, 0.1) is 0 Å². The molecule has 1 nitrogen and oxygen atoms in total. The number of thioether (sulfide) groups is 1. The summed E-state index contributed by atoms with van der Waals surface area (Å²) >= 11 is 2.01. The molecule has 108 valence electrons. The largest absolute Gasteiger partial charge is 0.313 e. The molecule has 1 unspecified atom stereocenters. The van der Waals surface area contributed by atoms with Crippen LogP contribution in [0.1, 0.15) is 45.6 Å². The van der Waals surface area contributed by atoms with Crippen LogP contribution in [0.15, 0.2) is 30.3 Å². The van der Waals surface area contributed by atoms with Crippen LogP contribution in [0.4, 0.5) is 0 Å². The van der Waals surface area contributed by atoms with Gasteiger partial charge in [-0.25, -0.2) is 0 Å². The van der Waals surface area contributed by atoms with Gasteiger partial charge in [0.25, 0.3) is 0 Å². The lowest BCUT2D eigenvalue weighted by Gasteiger charge is -2.31. The van der Waals surface area contributed by atoms with Crippen molar-refractivity contribution in [2.45, 2.75) is 57.2 Å². The average molecular weight is 279 g/mol. The van der Waals surface area contributed by atoms with Crippen molar-refractivity contribution in [3.63, 3.8) is 0 Å². The van der Waals surface area contributed by atoms with E-state index in [-0.39, 0.29) is 0 Å². The van der Waals surface area contributed by atoms with Gasteiger partial charge in [0, 0.05) is 17.3 Å². The first kappa shape index (κ1) is 16.6. The molecule has 0 aromatic heterocycles. The monoisotopic (exact) mass is 279 g/mol. The van der Waals surface area contributed by atoms with E-state index in [4.69, 9.17) is 0 Å². The van der Waals surface area contributed by atoms with Crippen molar-refractivity contribution in [2.75, 3.05) is 12.8 Å². The molecule has 0 saturated carbocycles. The Balaban J connectivity index is 2.33. The predicted molar refractivity (Wildman–Crippen MR) is 89.1 cm³/mol. The number of aryl methyl sites for hydroxylation is 1. The van der Waals surface area contributed by atoms with Gasteiger partial charge >= 0.3 is 0 Å². The Labute approximate surface area is 123 Å². The average Bonchev–Trinajstić information content (AvgIpc) is 2.48. The second kappa shape index (κ2) is 8.65. The lowest BCUT2D eigenvalue weighted by Crippen LogP contribution is -2.40. The van der Waals surface area contributed by atoms with Crippen molar-refractivity contribution in [1.29, 1.82) is 0 Å². The molecule has 19 heavy (non-hydrogen) atoms. The van der Waals surface area contributed by atoms with Gasteiger partial charge in [-0.15, -0.1) is 0 Å². The number of rotatable bonds is 9. The van der Waals surface area contributed by atoms with Crippen molar-refractivity contribution < 1.29 is 0 Å². The van der Waals surface area contributed by atoms with Gasteiger partial charge in [-0.1, -0.05) is 44.2 Å². The molecule has 0 heterocycles. The molecule has 0 aliphatic heterocycles. The van der Waals surface area contributed by atoms with E-state index in [1.165, 1.54) is 31.2 Å². The molecule has 1 atom stereocenters. The number of hydrogen-bond donors (Lipinski definition) is 1. The lowest BCUT2D eigenvalue weighted by molar-refractivity contribution is 0.439. The minimum Gasteiger partial charge on any atom is -0.313 e. The Kier molecular flexibility index (Phi) is 7.55. The van der Waals surface area contributed by atoms with Crippen LogP contribution in [-0.4, -0.2) is 23.6 Å². The summed E-state index contributed by atoms with van der Waals surface area (Å²) < 4.78 is 0.418. The number of benzene rings is 1. The van der Waals surface area contributed by atoms with Crippen molar-refractivity contribution in [2.24, 2.45) is 0 Å². The minimum absolute atomic E-state index is 0.418. The van der Waals surface area contributed by atoms with E-state index in [0.717, 1.165) is 6.54 Å². The SMILES string of the molecule is CCC(CC)(CNC(C)CCc1ccccc1)SC. The molecule has 0 aliphatic rings. The third-order valence-corrected chi connectivity index (χ3v) is 5.79. The van der Waals surface area contributed by atoms with Gasteiger partial charge in [-0.3, -0.25) is 0 Å². The fourth-order valence-electron chi connectivity index (χ4n) is 2.35. The molecule has 0 bridgehead atoms. The minimum atomic E-state index is 0.418. The van der Waals surface area contributed by atoms with Gasteiger partial charge in [-0.05, 0) is 44.4 Å². The van der Waals surface area contributed by atoms with E-state index in [0.29, 0.717) is 10.8 Å². The molecule has 0 amide bonds. The van der Waals surface area contributed by atoms with Crippen LogP contribution in [0.5, 0.6) is 0 Å². The fraction of sp³-hybridized carbons (Fsp3) is 0.647. The Morgan fingerprint density at radius 2 is 1.79 bits per heavy atom. The molecule has 1 aromatic carbocycles. The highest BCUT2D eigenvalue weighted by Gasteiger charge is 2.24. The smallest absolute Gasteiger partial charge is 0.0276 e. The third-order valence-electron chi connectivity index (χ3n) is 4.20. The fourth-order valence-corrected chi connectivity index (χ4v) is 3.16. The van der Waals surface area contributed by atoms with Crippen molar-refractivity contribution >= 4 is 11.8 Å². The highest BCUT2D eigenvalue weighted by molar-refractivity contribution is 8.00. The highest BCUT2D eigenvalue weighted by atomic mass is 32.2. The third kappa shape index (κ3) is 5.58. The summed E-state index contributed by atoms with van der Waals surface area (Å²) in [5.41, 5.74) is 1.44. The summed E-state index contributed by atoms with van der Waals surface area (Å²) in [7, 11) is 0. The molecule has 1 aromatic rings. The van der Waals surface area contributed by atoms with Crippen LogP contribution in [-0.2, 0) is 6.42 Å². The van der Waals surface area contributed by atoms with Gasteiger partial charge in [0.2, 0.25) is 0 Å². The van der Waals surface area contributed by atoms with E-state index in [1.807, 2.05) is 11.8 Å². The molecule has 0 aliphatic carbocycles. The molecular formula is C17H29NS.